The third kappa shape index (κ3) is 2.80. The molecule has 0 spiro atoms. The highest BCUT2D eigenvalue weighted by Gasteiger charge is 2.39. The molecule has 1 aliphatic rings. The molecule has 34 heavy (non-hydrogen) atoms. The van der Waals surface area contributed by atoms with Gasteiger partial charge in [-0.25, -0.2) is 4.90 Å². The molecule has 166 valence electrons. The molecule has 0 saturated heterocycles. The summed E-state index contributed by atoms with van der Waals surface area (Å²) in [4.78, 5) is 27.8. The van der Waals surface area contributed by atoms with Crippen molar-refractivity contribution in [1.29, 1.82) is 0 Å². The van der Waals surface area contributed by atoms with Crippen LogP contribution in [-0.2, 0) is 6.18 Å². The van der Waals surface area contributed by atoms with Gasteiger partial charge in [0, 0.05) is 10.8 Å². The van der Waals surface area contributed by atoms with Gasteiger partial charge in [-0.05, 0) is 42.5 Å². The van der Waals surface area contributed by atoms with Crippen LogP contribution in [0.5, 0.6) is 0 Å². The van der Waals surface area contributed by atoms with Crippen LogP contribution in [0.25, 0.3) is 27.5 Å². The van der Waals surface area contributed by atoms with Crippen molar-refractivity contribution in [2.24, 2.45) is 0 Å². The highest BCUT2D eigenvalue weighted by molar-refractivity contribution is 6.35. The molecule has 5 aromatic rings. The van der Waals surface area contributed by atoms with Gasteiger partial charge < -0.3 is 4.57 Å². The number of hydrogen-bond donors (Lipinski definition) is 0. The fourth-order valence-corrected chi connectivity index (χ4v) is 4.67. The predicted molar refractivity (Wildman–Crippen MR) is 123 cm³/mol. The van der Waals surface area contributed by atoms with E-state index in [9.17, 15) is 22.8 Å². The number of nitrogens with zero attached hydrogens (tertiary/aromatic N) is 2. The number of aromatic nitrogens is 1. The zero-order valence-corrected chi connectivity index (χ0v) is 17.5. The molecule has 0 radical (unpaired) electrons. The van der Waals surface area contributed by atoms with Gasteiger partial charge in [0.05, 0.1) is 39.1 Å². The maximum absolute atomic E-state index is 13.6. The number of halogens is 3. The first-order valence-electron chi connectivity index (χ1n) is 10.5. The number of para-hydroxylation sites is 2. The Labute approximate surface area is 191 Å². The van der Waals surface area contributed by atoms with Gasteiger partial charge in [-0.1, -0.05) is 48.5 Å². The van der Waals surface area contributed by atoms with Gasteiger partial charge in [0.25, 0.3) is 11.8 Å². The van der Waals surface area contributed by atoms with E-state index in [2.05, 4.69) is 0 Å². The van der Waals surface area contributed by atoms with Gasteiger partial charge in [-0.15, -0.1) is 0 Å². The third-order valence-electron chi connectivity index (χ3n) is 6.15. The topological polar surface area (TPSA) is 42.3 Å². The van der Waals surface area contributed by atoms with Gasteiger partial charge in [-0.2, -0.15) is 13.2 Å². The number of hydrogen-bond acceptors (Lipinski definition) is 2. The molecule has 0 fully saturated rings. The molecule has 0 unspecified atom stereocenters. The molecule has 4 nitrogen and oxygen atoms in total. The number of imide groups is 1. The van der Waals surface area contributed by atoms with E-state index < -0.39 is 23.6 Å². The monoisotopic (exact) mass is 456 g/mol. The Balaban J connectivity index is 1.66. The van der Waals surface area contributed by atoms with Crippen LogP contribution >= 0.6 is 0 Å². The van der Waals surface area contributed by atoms with Crippen LogP contribution in [0, 0.1) is 0 Å². The van der Waals surface area contributed by atoms with Crippen LogP contribution in [0.15, 0.2) is 91.0 Å². The maximum Gasteiger partial charge on any atom is 0.416 e. The zero-order chi connectivity index (χ0) is 23.6. The maximum atomic E-state index is 13.6. The van der Waals surface area contributed by atoms with Gasteiger partial charge in [0.2, 0.25) is 0 Å². The van der Waals surface area contributed by atoms with Crippen LogP contribution in [0.3, 0.4) is 0 Å². The second-order valence-electron chi connectivity index (χ2n) is 8.06. The minimum absolute atomic E-state index is 0.163. The molecule has 1 aromatic heterocycles. The molecule has 0 saturated carbocycles. The summed E-state index contributed by atoms with van der Waals surface area (Å²) in [5.74, 6) is -0.982. The first-order chi connectivity index (χ1) is 16.4. The van der Waals surface area contributed by atoms with Crippen molar-refractivity contribution in [3.05, 3.63) is 108 Å². The minimum atomic E-state index is -4.52. The van der Waals surface area contributed by atoms with Crippen LogP contribution in [0.1, 0.15) is 26.3 Å². The second-order valence-corrected chi connectivity index (χ2v) is 8.06. The molecule has 6 rings (SSSR count). The Morgan fingerprint density at radius 1 is 0.647 bits per heavy atom. The summed E-state index contributed by atoms with van der Waals surface area (Å²) >= 11 is 0. The lowest BCUT2D eigenvalue weighted by Crippen LogP contribution is -2.29. The summed E-state index contributed by atoms with van der Waals surface area (Å²) < 4.78 is 42.3. The summed E-state index contributed by atoms with van der Waals surface area (Å²) in [5.41, 5.74) is 1.33. The van der Waals surface area contributed by atoms with Crippen molar-refractivity contribution in [1.82, 2.24) is 4.57 Å². The average molecular weight is 456 g/mol. The third-order valence-corrected chi connectivity index (χ3v) is 6.15. The number of anilines is 1. The summed E-state index contributed by atoms with van der Waals surface area (Å²) in [6.07, 6.45) is -4.52. The molecule has 2 amide bonds. The predicted octanol–water partition coefficient (Wildman–Crippen LogP) is 6.60. The summed E-state index contributed by atoms with van der Waals surface area (Å²) in [6.45, 7) is 0. The molecule has 0 N–H and O–H groups in total. The van der Waals surface area contributed by atoms with E-state index in [0.29, 0.717) is 27.8 Å². The molecule has 7 heteroatoms. The zero-order valence-electron chi connectivity index (χ0n) is 17.5. The van der Waals surface area contributed by atoms with Crippen molar-refractivity contribution >= 4 is 39.3 Å². The van der Waals surface area contributed by atoms with Crippen molar-refractivity contribution in [2.45, 2.75) is 6.18 Å². The van der Waals surface area contributed by atoms with Gasteiger partial charge >= 0.3 is 6.18 Å². The lowest BCUT2D eigenvalue weighted by Gasteiger charge is -2.15. The molecule has 4 aromatic carbocycles. The molecule has 0 bridgehead atoms. The number of carbonyl (C=O) groups is 2. The highest BCUT2D eigenvalue weighted by atomic mass is 19.4. The number of alkyl halides is 3. The fraction of sp³-hybridized carbons (Fsp3) is 0.0370. The van der Waals surface area contributed by atoms with E-state index in [4.69, 9.17) is 0 Å². The van der Waals surface area contributed by atoms with E-state index in [1.54, 1.807) is 65.2 Å². The van der Waals surface area contributed by atoms with E-state index >= 15 is 0 Å². The Hall–Kier alpha value is -4.39. The Morgan fingerprint density at radius 2 is 1.35 bits per heavy atom. The molecule has 0 atom stereocenters. The Kier molecular flexibility index (Phi) is 4.20. The van der Waals surface area contributed by atoms with Gasteiger partial charge in [-0.3, -0.25) is 9.59 Å². The highest BCUT2D eigenvalue weighted by Crippen LogP contribution is 2.39. The molecule has 2 heterocycles. The Morgan fingerprint density at radius 3 is 2.12 bits per heavy atom. The molecule has 1 aliphatic heterocycles. The van der Waals surface area contributed by atoms with E-state index in [1.165, 1.54) is 6.07 Å². The van der Waals surface area contributed by atoms with E-state index in [0.717, 1.165) is 22.4 Å². The lowest BCUT2D eigenvalue weighted by atomic mass is 10.1. The molecular weight excluding hydrogens is 441 g/mol. The normalized spacial score (nSPS) is 13.8. The van der Waals surface area contributed by atoms with Crippen molar-refractivity contribution in [3.8, 4) is 5.69 Å². The Bertz CT molecular complexity index is 1640. The first kappa shape index (κ1) is 20.2. The summed E-state index contributed by atoms with van der Waals surface area (Å²) in [5, 5.41) is 1.37. The van der Waals surface area contributed by atoms with Gasteiger partial charge in [0.1, 0.15) is 0 Å². The number of benzene rings is 4. The van der Waals surface area contributed by atoms with Crippen LogP contribution in [0.4, 0.5) is 18.9 Å². The second kappa shape index (κ2) is 7.05. The smallest absolute Gasteiger partial charge is 0.308 e. The quantitative estimate of drug-likeness (QED) is 0.281. The SMILES string of the molecule is O=C1c2cccc(-n3c4ccccc4c4ccc(C(F)(F)F)cc43)c2C(=O)N1c1ccccc1. The fourth-order valence-electron chi connectivity index (χ4n) is 4.67. The molecular formula is C27H15F3N2O2. The van der Waals surface area contributed by atoms with Crippen molar-refractivity contribution in [2.75, 3.05) is 4.90 Å². The van der Waals surface area contributed by atoms with Crippen LogP contribution in [-0.4, -0.2) is 16.4 Å². The van der Waals surface area contributed by atoms with Crippen LogP contribution < -0.4 is 4.90 Å². The van der Waals surface area contributed by atoms with Crippen molar-refractivity contribution in [3.63, 3.8) is 0 Å². The van der Waals surface area contributed by atoms with E-state index in [1.807, 2.05) is 12.1 Å². The summed E-state index contributed by atoms with van der Waals surface area (Å²) in [7, 11) is 0. The minimum Gasteiger partial charge on any atom is -0.308 e. The van der Waals surface area contributed by atoms with E-state index in [-0.39, 0.29) is 11.1 Å². The summed E-state index contributed by atoms with van der Waals surface area (Å²) in [6, 6.07) is 24.2. The van der Waals surface area contributed by atoms with Gasteiger partial charge in [0.15, 0.2) is 0 Å². The largest absolute Gasteiger partial charge is 0.416 e. The number of carbonyl (C=O) groups excluding carboxylic acids is 2. The molecule has 0 aliphatic carbocycles. The van der Waals surface area contributed by atoms with Crippen LogP contribution in [0.2, 0.25) is 0 Å². The number of rotatable bonds is 2. The number of amides is 2. The first-order valence-corrected chi connectivity index (χ1v) is 10.5. The average Bonchev–Trinajstić information content (AvgIpc) is 3.30. The lowest BCUT2D eigenvalue weighted by molar-refractivity contribution is -0.137. The number of fused-ring (bicyclic) bond motifs is 4. The van der Waals surface area contributed by atoms with Crippen molar-refractivity contribution < 1.29 is 22.8 Å². The standard InChI is InChI=1S/C27H15F3N2O2/c28-27(29,30)16-13-14-19-18-9-4-5-11-21(18)32(23(19)15-16)22-12-6-10-20-24(22)26(34)31(25(20)33)17-7-2-1-3-8-17/h1-15H.